The highest BCUT2D eigenvalue weighted by molar-refractivity contribution is 6.33. The molecule has 2 aromatic rings. The van der Waals surface area contributed by atoms with Gasteiger partial charge in [-0.25, -0.2) is 18.0 Å². The van der Waals surface area contributed by atoms with Crippen LogP contribution < -0.4 is 11.1 Å². The summed E-state index contributed by atoms with van der Waals surface area (Å²) in [4.78, 5) is 10.9. The van der Waals surface area contributed by atoms with Gasteiger partial charge in [0, 0.05) is 11.8 Å². The zero-order valence-corrected chi connectivity index (χ0v) is 11.0. The lowest BCUT2D eigenvalue weighted by molar-refractivity contribution is 0.0698. The van der Waals surface area contributed by atoms with Crippen molar-refractivity contribution in [1.82, 2.24) is 0 Å². The van der Waals surface area contributed by atoms with Crippen molar-refractivity contribution in [3.63, 3.8) is 0 Å². The van der Waals surface area contributed by atoms with E-state index in [9.17, 15) is 18.0 Å². The molecule has 0 saturated carbocycles. The normalized spacial score (nSPS) is 10.5. The predicted molar refractivity (Wildman–Crippen MR) is 72.4 cm³/mol. The number of nitrogen functional groups attached to an aromatic ring is 1. The van der Waals surface area contributed by atoms with Crippen LogP contribution in [0.1, 0.15) is 10.4 Å². The van der Waals surface area contributed by atoms with Crippen molar-refractivity contribution in [2.45, 2.75) is 0 Å². The van der Waals surface area contributed by atoms with Gasteiger partial charge in [-0.05, 0) is 18.2 Å². The first-order chi connectivity index (χ1) is 9.79. The molecule has 0 heterocycles. The van der Waals surface area contributed by atoms with Gasteiger partial charge in [-0.15, -0.1) is 0 Å². The highest BCUT2D eigenvalue weighted by atomic mass is 35.5. The van der Waals surface area contributed by atoms with Crippen LogP contribution in [0, 0.1) is 17.5 Å². The largest absolute Gasteiger partial charge is 0.478 e. The second-order valence-corrected chi connectivity index (χ2v) is 4.50. The molecule has 0 bridgehead atoms. The first kappa shape index (κ1) is 15.0. The topological polar surface area (TPSA) is 75.3 Å². The van der Waals surface area contributed by atoms with Crippen molar-refractivity contribution in [3.8, 4) is 0 Å². The lowest BCUT2D eigenvalue weighted by Crippen LogP contribution is -2.06. The maximum absolute atomic E-state index is 13.7. The number of aromatic carboxylic acids is 1. The summed E-state index contributed by atoms with van der Waals surface area (Å²) in [5.74, 6) is -4.22. The summed E-state index contributed by atoms with van der Waals surface area (Å²) in [6.45, 7) is 0. The second-order valence-electron chi connectivity index (χ2n) is 4.09. The molecule has 0 fully saturated rings. The highest BCUT2D eigenvalue weighted by Crippen LogP contribution is 2.32. The third-order valence-electron chi connectivity index (χ3n) is 2.64. The van der Waals surface area contributed by atoms with Crippen molar-refractivity contribution in [2.24, 2.45) is 0 Å². The van der Waals surface area contributed by atoms with E-state index >= 15 is 0 Å². The molecule has 0 amide bonds. The Morgan fingerprint density at radius 3 is 2.38 bits per heavy atom. The van der Waals surface area contributed by atoms with E-state index in [0.29, 0.717) is 6.07 Å². The Labute approximate surface area is 121 Å². The van der Waals surface area contributed by atoms with Gasteiger partial charge >= 0.3 is 5.97 Å². The Kier molecular flexibility index (Phi) is 3.95. The van der Waals surface area contributed by atoms with Crippen molar-refractivity contribution in [2.75, 3.05) is 11.1 Å². The molecule has 0 aromatic heterocycles. The summed E-state index contributed by atoms with van der Waals surface area (Å²) < 4.78 is 40.3. The summed E-state index contributed by atoms with van der Waals surface area (Å²) >= 11 is 5.66. The molecule has 0 saturated heterocycles. The number of benzene rings is 2. The van der Waals surface area contributed by atoms with E-state index in [2.05, 4.69) is 5.32 Å². The monoisotopic (exact) mass is 316 g/mol. The van der Waals surface area contributed by atoms with Gasteiger partial charge in [-0.1, -0.05) is 11.6 Å². The number of anilines is 3. The van der Waals surface area contributed by atoms with Crippen LogP contribution in [-0.2, 0) is 0 Å². The first-order valence-electron chi connectivity index (χ1n) is 5.53. The second kappa shape index (κ2) is 5.53. The van der Waals surface area contributed by atoms with Crippen LogP contribution in [0.4, 0.5) is 30.2 Å². The van der Waals surface area contributed by atoms with Crippen LogP contribution >= 0.6 is 11.6 Å². The predicted octanol–water partition coefficient (Wildman–Crippen LogP) is 3.78. The quantitative estimate of drug-likeness (QED) is 0.753. The molecule has 0 aliphatic carbocycles. The Morgan fingerprint density at radius 2 is 1.81 bits per heavy atom. The van der Waals surface area contributed by atoms with Gasteiger partial charge in [0.2, 0.25) is 0 Å². The van der Waals surface area contributed by atoms with Crippen molar-refractivity contribution in [1.29, 1.82) is 0 Å². The van der Waals surface area contributed by atoms with E-state index in [1.165, 1.54) is 0 Å². The van der Waals surface area contributed by atoms with Gasteiger partial charge in [0.25, 0.3) is 0 Å². The number of halogens is 4. The van der Waals surface area contributed by atoms with Crippen LogP contribution in [0.15, 0.2) is 24.3 Å². The Bertz CT molecular complexity index is 715. The molecular weight excluding hydrogens is 309 g/mol. The molecule has 21 heavy (non-hydrogen) atoms. The molecule has 4 N–H and O–H groups in total. The van der Waals surface area contributed by atoms with Gasteiger partial charge in [0.1, 0.15) is 11.6 Å². The highest BCUT2D eigenvalue weighted by Gasteiger charge is 2.16. The van der Waals surface area contributed by atoms with E-state index < -0.39 is 23.4 Å². The molecule has 110 valence electrons. The third kappa shape index (κ3) is 3.03. The molecular formula is C13H8ClF3N2O2. The molecule has 0 atom stereocenters. The zero-order chi connectivity index (χ0) is 15.7. The fourth-order valence-electron chi connectivity index (χ4n) is 1.67. The van der Waals surface area contributed by atoms with E-state index in [-0.39, 0.29) is 27.6 Å². The fourth-order valence-corrected chi connectivity index (χ4v) is 1.91. The maximum Gasteiger partial charge on any atom is 0.337 e. The molecule has 0 aliphatic rings. The fraction of sp³-hybridized carbons (Fsp3) is 0. The lowest BCUT2D eigenvalue weighted by atomic mass is 10.1. The van der Waals surface area contributed by atoms with Crippen LogP contribution in [0.25, 0.3) is 0 Å². The minimum absolute atomic E-state index is 0.281. The van der Waals surface area contributed by atoms with Gasteiger partial charge in [-0.3, -0.25) is 0 Å². The van der Waals surface area contributed by atoms with E-state index in [4.69, 9.17) is 22.4 Å². The van der Waals surface area contributed by atoms with Gasteiger partial charge in [0.15, 0.2) is 5.82 Å². The molecule has 0 spiro atoms. The number of nitrogens with two attached hydrogens (primary N) is 1. The number of nitrogens with one attached hydrogen (secondary N) is 1. The standard InChI is InChI=1S/C13H8ClF3N2O2/c14-7-1-5(15)2-9(17)12(7)19-11-3-6(13(20)21)10(18)4-8(11)16/h1-4,19H,18H2,(H,20,21). The number of carboxylic acids is 1. The number of carboxylic acid groups (broad SMARTS) is 1. The lowest BCUT2D eigenvalue weighted by Gasteiger charge is -2.12. The maximum atomic E-state index is 13.7. The molecule has 0 unspecified atom stereocenters. The number of rotatable bonds is 3. The summed E-state index contributed by atoms with van der Waals surface area (Å²) in [5, 5.41) is 10.9. The Morgan fingerprint density at radius 1 is 1.14 bits per heavy atom. The summed E-state index contributed by atoms with van der Waals surface area (Å²) in [7, 11) is 0. The number of hydrogen-bond acceptors (Lipinski definition) is 3. The zero-order valence-electron chi connectivity index (χ0n) is 10.3. The minimum Gasteiger partial charge on any atom is -0.478 e. The number of carbonyl (C=O) groups is 1. The summed E-state index contributed by atoms with van der Waals surface area (Å²) in [6, 6.07) is 3.06. The molecule has 0 radical (unpaired) electrons. The van der Waals surface area contributed by atoms with Crippen molar-refractivity contribution in [3.05, 3.63) is 52.3 Å². The van der Waals surface area contributed by atoms with Gasteiger partial charge in [0.05, 0.1) is 22.0 Å². The summed E-state index contributed by atoms with van der Waals surface area (Å²) in [5.41, 5.74) is 3.99. The SMILES string of the molecule is Nc1cc(F)c(Nc2c(F)cc(F)cc2Cl)cc1C(=O)O. The van der Waals surface area contributed by atoms with E-state index in [0.717, 1.165) is 18.2 Å². The molecule has 0 aliphatic heterocycles. The Balaban J connectivity index is 2.50. The minimum atomic E-state index is -1.37. The van der Waals surface area contributed by atoms with Crippen LogP contribution in [0.5, 0.6) is 0 Å². The molecule has 4 nitrogen and oxygen atoms in total. The van der Waals surface area contributed by atoms with Crippen molar-refractivity contribution < 1.29 is 23.1 Å². The van der Waals surface area contributed by atoms with E-state index in [1.807, 2.05) is 0 Å². The van der Waals surface area contributed by atoms with Crippen LogP contribution in [0.3, 0.4) is 0 Å². The van der Waals surface area contributed by atoms with Gasteiger partial charge in [-0.2, -0.15) is 0 Å². The smallest absolute Gasteiger partial charge is 0.337 e. The average molecular weight is 317 g/mol. The van der Waals surface area contributed by atoms with Gasteiger partial charge < -0.3 is 16.2 Å². The third-order valence-corrected chi connectivity index (χ3v) is 2.93. The molecule has 8 heteroatoms. The molecule has 2 rings (SSSR count). The first-order valence-corrected chi connectivity index (χ1v) is 5.91. The Hall–Kier alpha value is -2.41. The average Bonchev–Trinajstić information content (AvgIpc) is 2.35. The van der Waals surface area contributed by atoms with E-state index in [1.54, 1.807) is 0 Å². The summed E-state index contributed by atoms with van der Waals surface area (Å²) in [6.07, 6.45) is 0. The van der Waals surface area contributed by atoms with Crippen LogP contribution in [-0.4, -0.2) is 11.1 Å². The van der Waals surface area contributed by atoms with Crippen molar-refractivity contribution >= 4 is 34.6 Å². The molecule has 2 aromatic carbocycles. The van der Waals surface area contributed by atoms with Crippen LogP contribution in [0.2, 0.25) is 5.02 Å². The number of hydrogen-bond donors (Lipinski definition) is 3.